The van der Waals surface area contributed by atoms with Gasteiger partial charge in [-0.15, -0.1) is 11.8 Å². The van der Waals surface area contributed by atoms with Crippen LogP contribution in [-0.4, -0.2) is 51.8 Å². The molecule has 2 heterocycles. The number of nitrogens with two attached hydrogens (primary N) is 1. The summed E-state index contributed by atoms with van der Waals surface area (Å²) in [5, 5.41) is 31.5. The Balaban J connectivity index is 0.00000242. The molecule has 0 saturated carbocycles. The molecule has 116 valence electrons. The van der Waals surface area contributed by atoms with Crippen LogP contribution < -0.4 is 75.1 Å². The predicted octanol–water partition coefficient (Wildman–Crippen LogP) is -9.62. The number of aliphatic hydroxyl groups is 1. The van der Waals surface area contributed by atoms with E-state index in [0.29, 0.717) is 4.91 Å². The van der Waals surface area contributed by atoms with Crippen LogP contribution in [0.5, 0.6) is 0 Å². The zero-order valence-electron chi connectivity index (χ0n) is 13.1. The minimum absolute atomic E-state index is 0. The summed E-state index contributed by atoms with van der Waals surface area (Å²) in [6, 6.07) is -1.86. The number of carboxylic acids is 2. The van der Waals surface area contributed by atoms with Gasteiger partial charge in [0.15, 0.2) is 0 Å². The van der Waals surface area contributed by atoms with Crippen molar-refractivity contribution in [1.29, 1.82) is 0 Å². The normalized spacial score (nSPS) is 27.6. The average Bonchev–Trinajstić information content (AvgIpc) is 2.75. The molecule has 1 saturated heterocycles. The second kappa shape index (κ2) is 8.68. The van der Waals surface area contributed by atoms with Gasteiger partial charge < -0.3 is 35.5 Å². The van der Waals surface area contributed by atoms with Gasteiger partial charge in [0.05, 0.1) is 30.1 Å². The van der Waals surface area contributed by atoms with Gasteiger partial charge in [0.1, 0.15) is 5.41 Å². The first-order valence-electron chi connectivity index (χ1n) is 6.25. The summed E-state index contributed by atoms with van der Waals surface area (Å²) >= 11 is 1.12. The Bertz CT molecular complexity index is 544. The van der Waals surface area contributed by atoms with Gasteiger partial charge in [0.25, 0.3) is 0 Å². The van der Waals surface area contributed by atoms with Gasteiger partial charge in [-0.25, -0.2) is 0 Å². The third-order valence-corrected chi connectivity index (χ3v) is 5.04. The van der Waals surface area contributed by atoms with Crippen LogP contribution >= 0.6 is 11.8 Å². The molecule has 1 unspecified atom stereocenters. The first kappa shape index (κ1) is 23.4. The Hall–Kier alpha value is 0.420. The van der Waals surface area contributed by atoms with Crippen molar-refractivity contribution >= 4 is 29.6 Å². The minimum Gasteiger partial charge on any atom is -0.549 e. The molecule has 0 aromatic rings. The number of amides is 1. The van der Waals surface area contributed by atoms with Crippen molar-refractivity contribution in [1.82, 2.24) is 4.90 Å². The van der Waals surface area contributed by atoms with Crippen LogP contribution in [-0.2, 0) is 14.4 Å². The number of fused-ring (bicyclic) bond motifs is 1. The Kier molecular flexibility index (Phi) is 8.84. The number of hydrogen-bond acceptors (Lipinski definition) is 8. The van der Waals surface area contributed by atoms with Gasteiger partial charge in [-0.1, -0.05) is 0 Å². The number of aliphatic carboxylic acids is 2. The van der Waals surface area contributed by atoms with Crippen LogP contribution in [0.3, 0.4) is 0 Å². The number of rotatable bonds is 6. The molecule has 3 N–H and O–H groups in total. The molecule has 0 aromatic heterocycles. The molecule has 11 heteroatoms. The molecule has 1 amide bonds. The fourth-order valence-corrected chi connectivity index (χ4v) is 3.66. The van der Waals surface area contributed by atoms with E-state index in [9.17, 15) is 29.7 Å². The number of hydrogen-bond donors (Lipinski definition) is 2. The van der Waals surface area contributed by atoms with Crippen LogP contribution in [0.15, 0.2) is 11.1 Å². The summed E-state index contributed by atoms with van der Waals surface area (Å²) < 4.78 is 0. The van der Waals surface area contributed by atoms with Crippen molar-refractivity contribution in [3.05, 3.63) is 11.1 Å². The molecular formula is C12H14N2Na2O6S. The molecule has 2 aliphatic heterocycles. The molecule has 0 aliphatic carbocycles. The third kappa shape index (κ3) is 3.83. The van der Waals surface area contributed by atoms with E-state index in [2.05, 4.69) is 0 Å². The van der Waals surface area contributed by atoms with Crippen molar-refractivity contribution in [2.24, 2.45) is 11.1 Å². The van der Waals surface area contributed by atoms with E-state index in [-0.39, 0.29) is 71.3 Å². The zero-order valence-corrected chi connectivity index (χ0v) is 18.0. The summed E-state index contributed by atoms with van der Waals surface area (Å²) in [5.74, 6) is -3.65. The Morgan fingerprint density at radius 3 is 2.52 bits per heavy atom. The van der Waals surface area contributed by atoms with E-state index in [1.807, 2.05) is 0 Å². The van der Waals surface area contributed by atoms with Crippen LogP contribution in [0.2, 0.25) is 0 Å². The maximum atomic E-state index is 12.0. The fourth-order valence-electron chi connectivity index (χ4n) is 2.67. The fraction of sp³-hybridized carbons (Fsp3) is 0.583. The number of carbonyl (C=O) groups is 3. The summed E-state index contributed by atoms with van der Waals surface area (Å²) in [7, 11) is 0. The van der Waals surface area contributed by atoms with Crippen molar-refractivity contribution in [2.75, 3.05) is 5.75 Å². The van der Waals surface area contributed by atoms with E-state index in [1.54, 1.807) is 0 Å². The van der Waals surface area contributed by atoms with E-state index >= 15 is 0 Å². The molecule has 23 heavy (non-hydrogen) atoms. The monoisotopic (exact) mass is 360 g/mol. The maximum Gasteiger partial charge on any atom is 1.00 e. The third-order valence-electron chi connectivity index (χ3n) is 3.88. The zero-order chi connectivity index (χ0) is 15.9. The first-order chi connectivity index (χ1) is 9.72. The van der Waals surface area contributed by atoms with E-state index < -0.39 is 41.4 Å². The predicted molar refractivity (Wildman–Crippen MR) is 67.9 cm³/mol. The standard InChI is InChI=1S/C12H16N2O6S.2Na/c1-5(15)12(11(19)20)8-2-6(3-14(8)10(12)18)21-4-7(13)9(16)17;;/h3,5,7-8,15H,2,4,13H2,1H3,(H,16,17)(H,19,20);;/q;2*+1/p-2/t5?,7-,8-,12-;;/m1../s1. The Morgan fingerprint density at radius 1 is 1.52 bits per heavy atom. The topological polar surface area (TPSA) is 147 Å². The Labute approximate surface area is 181 Å². The molecule has 0 radical (unpaired) electrons. The quantitative estimate of drug-likeness (QED) is 0.270. The maximum absolute atomic E-state index is 12.0. The van der Waals surface area contributed by atoms with Crippen LogP contribution in [0.1, 0.15) is 13.3 Å². The van der Waals surface area contributed by atoms with E-state index in [0.717, 1.165) is 11.8 Å². The summed E-state index contributed by atoms with van der Waals surface area (Å²) in [6.45, 7) is 1.24. The molecule has 8 nitrogen and oxygen atoms in total. The molecule has 0 aromatic carbocycles. The van der Waals surface area contributed by atoms with Crippen molar-refractivity contribution in [2.45, 2.75) is 31.5 Å². The Morgan fingerprint density at radius 2 is 2.09 bits per heavy atom. The second-order valence-electron chi connectivity index (χ2n) is 5.10. The summed E-state index contributed by atoms with van der Waals surface area (Å²) in [4.78, 5) is 35.7. The van der Waals surface area contributed by atoms with Gasteiger partial charge >= 0.3 is 59.1 Å². The van der Waals surface area contributed by atoms with Gasteiger partial charge in [-0.05, 0) is 6.92 Å². The van der Waals surface area contributed by atoms with Crippen LogP contribution in [0.25, 0.3) is 0 Å². The van der Waals surface area contributed by atoms with Gasteiger partial charge in [-0.2, -0.15) is 0 Å². The van der Waals surface area contributed by atoms with E-state index in [4.69, 9.17) is 5.73 Å². The largest absolute Gasteiger partial charge is 1.00 e. The first-order valence-corrected chi connectivity index (χ1v) is 7.23. The molecule has 0 spiro atoms. The molecule has 4 atom stereocenters. The van der Waals surface area contributed by atoms with Crippen LogP contribution in [0.4, 0.5) is 0 Å². The molecule has 0 bridgehead atoms. The summed E-state index contributed by atoms with van der Waals surface area (Å²) in [6.07, 6.45) is 0.303. The number of aliphatic hydroxyl groups excluding tert-OH is 1. The smallest absolute Gasteiger partial charge is 0.549 e. The summed E-state index contributed by atoms with van der Waals surface area (Å²) in [5.41, 5.74) is 3.39. The van der Waals surface area contributed by atoms with Crippen molar-refractivity contribution in [3.8, 4) is 0 Å². The molecule has 1 fully saturated rings. The number of β-lactam (4-membered cyclic amide) rings is 1. The van der Waals surface area contributed by atoms with Gasteiger partial charge in [-0.3, -0.25) is 4.79 Å². The average molecular weight is 360 g/mol. The number of carbonyl (C=O) groups excluding carboxylic acids is 3. The molecule has 2 rings (SSSR count). The van der Waals surface area contributed by atoms with E-state index in [1.165, 1.54) is 18.0 Å². The number of thioether (sulfide) groups is 1. The number of nitrogens with zero attached hydrogens (tertiary/aromatic N) is 1. The SMILES string of the molecule is CC(O)[C@]1(C(=O)[O-])C(=O)N2C=C(SC[C@@H](N)C(=O)[O-])C[C@@H]21.[Na+].[Na+]. The van der Waals surface area contributed by atoms with Gasteiger partial charge in [0, 0.05) is 23.3 Å². The second-order valence-corrected chi connectivity index (χ2v) is 6.24. The van der Waals surface area contributed by atoms with Crippen molar-refractivity contribution < 1.29 is 88.8 Å². The minimum atomic E-state index is -1.94. The molecule has 2 aliphatic rings. The van der Waals surface area contributed by atoms with Gasteiger partial charge in [0.2, 0.25) is 5.91 Å². The van der Waals surface area contributed by atoms with Crippen molar-refractivity contribution in [3.63, 3.8) is 0 Å². The van der Waals surface area contributed by atoms with Crippen LogP contribution in [0, 0.1) is 5.41 Å². The number of carboxylic acid groups (broad SMARTS) is 2. The molecular weight excluding hydrogens is 346 g/mol.